The molecule has 0 N–H and O–H groups in total. The second kappa shape index (κ2) is 6.19. The maximum absolute atomic E-state index is 11.8. The molecule has 0 spiro atoms. The highest BCUT2D eigenvalue weighted by Gasteiger charge is 2.36. The largest absolute Gasteiger partial charge is 0.490 e. The zero-order chi connectivity index (χ0) is 17.3. The minimum Gasteiger partial charge on any atom is -0.490 e. The Morgan fingerprint density at radius 2 is 2.21 bits per heavy atom. The fraction of sp³-hybridized carbons (Fsp3) is 0.333. The van der Waals surface area contributed by atoms with Crippen LogP contribution in [0.5, 0.6) is 5.75 Å². The molecule has 126 valence electrons. The number of ether oxygens (including phenoxy) is 2. The molecule has 0 aliphatic carbocycles. The Hall–Kier alpha value is -3.10. The van der Waals surface area contributed by atoms with E-state index in [0.29, 0.717) is 12.2 Å². The SMILES string of the molecule is COC(=O)c1cnc(C2CC(C)Oc3ccccc32)n1O[N+](=O)[O-]. The van der Waals surface area contributed by atoms with Crippen LogP contribution in [0.2, 0.25) is 0 Å². The molecule has 1 aromatic heterocycles. The molecular formula is C15H15N3O6. The highest BCUT2D eigenvalue weighted by Crippen LogP contribution is 2.39. The van der Waals surface area contributed by atoms with Gasteiger partial charge in [-0.05, 0) is 13.0 Å². The van der Waals surface area contributed by atoms with Crippen molar-refractivity contribution < 1.29 is 24.3 Å². The summed E-state index contributed by atoms with van der Waals surface area (Å²) in [6.07, 6.45) is 1.62. The average Bonchev–Trinajstić information content (AvgIpc) is 2.96. The predicted molar refractivity (Wildman–Crippen MR) is 80.1 cm³/mol. The second-order valence-electron chi connectivity index (χ2n) is 5.35. The second-order valence-corrected chi connectivity index (χ2v) is 5.35. The Morgan fingerprint density at radius 3 is 2.92 bits per heavy atom. The number of methoxy groups -OCH3 is 1. The number of fused-ring (bicyclic) bond motifs is 1. The van der Waals surface area contributed by atoms with Crippen molar-refractivity contribution in [2.75, 3.05) is 7.11 Å². The van der Waals surface area contributed by atoms with Gasteiger partial charge in [0.2, 0.25) is 5.82 Å². The molecule has 1 aromatic carbocycles. The van der Waals surface area contributed by atoms with E-state index in [9.17, 15) is 14.9 Å². The molecule has 2 aromatic rings. The van der Waals surface area contributed by atoms with E-state index in [1.165, 1.54) is 13.3 Å². The van der Waals surface area contributed by atoms with Gasteiger partial charge in [0.1, 0.15) is 5.75 Å². The zero-order valence-electron chi connectivity index (χ0n) is 13.0. The molecular weight excluding hydrogens is 318 g/mol. The lowest BCUT2D eigenvalue weighted by molar-refractivity contribution is -0.749. The molecule has 1 aliphatic rings. The number of aromatic nitrogens is 2. The number of benzene rings is 1. The Morgan fingerprint density at radius 1 is 1.46 bits per heavy atom. The van der Waals surface area contributed by atoms with E-state index in [0.717, 1.165) is 10.3 Å². The van der Waals surface area contributed by atoms with Crippen LogP contribution in [0.15, 0.2) is 30.5 Å². The predicted octanol–water partition coefficient (Wildman–Crippen LogP) is 1.59. The summed E-state index contributed by atoms with van der Waals surface area (Å²) in [7, 11) is 1.18. The first-order chi connectivity index (χ1) is 11.5. The van der Waals surface area contributed by atoms with E-state index in [2.05, 4.69) is 14.7 Å². The number of esters is 1. The summed E-state index contributed by atoms with van der Waals surface area (Å²) >= 11 is 0. The zero-order valence-corrected chi connectivity index (χ0v) is 13.0. The van der Waals surface area contributed by atoms with Gasteiger partial charge in [0.15, 0.2) is 5.09 Å². The number of para-hydroxylation sites is 1. The molecule has 3 rings (SSSR count). The van der Waals surface area contributed by atoms with Crippen molar-refractivity contribution in [3.63, 3.8) is 0 Å². The summed E-state index contributed by atoms with van der Waals surface area (Å²) < 4.78 is 11.2. The van der Waals surface area contributed by atoms with Gasteiger partial charge in [-0.3, -0.25) is 0 Å². The van der Waals surface area contributed by atoms with Gasteiger partial charge >= 0.3 is 5.97 Å². The molecule has 2 unspecified atom stereocenters. The van der Waals surface area contributed by atoms with Crippen LogP contribution in [0, 0.1) is 10.1 Å². The number of carbonyl (C=O) groups excluding carboxylic acids is 1. The lowest BCUT2D eigenvalue weighted by atomic mass is 9.89. The summed E-state index contributed by atoms with van der Waals surface area (Å²) in [4.78, 5) is 31.4. The number of carbonyl (C=O) groups is 1. The van der Waals surface area contributed by atoms with Crippen LogP contribution in [-0.2, 0) is 4.74 Å². The molecule has 0 amide bonds. The summed E-state index contributed by atoms with van der Waals surface area (Å²) in [5.74, 6) is -0.168. The average molecular weight is 333 g/mol. The number of hydrogen-bond donors (Lipinski definition) is 0. The van der Waals surface area contributed by atoms with Crippen molar-refractivity contribution >= 4 is 5.97 Å². The van der Waals surface area contributed by atoms with Crippen molar-refractivity contribution in [2.45, 2.75) is 25.4 Å². The van der Waals surface area contributed by atoms with Crippen molar-refractivity contribution in [2.24, 2.45) is 0 Å². The first-order valence-electron chi connectivity index (χ1n) is 7.25. The maximum atomic E-state index is 11.8. The number of hydrogen-bond acceptors (Lipinski definition) is 7. The Kier molecular flexibility index (Phi) is 4.07. The summed E-state index contributed by atoms with van der Waals surface area (Å²) in [5, 5.41) is 9.84. The van der Waals surface area contributed by atoms with Crippen molar-refractivity contribution in [3.05, 3.63) is 57.7 Å². The Labute approximate surface area is 136 Å². The van der Waals surface area contributed by atoms with Crippen LogP contribution in [0.4, 0.5) is 0 Å². The molecule has 24 heavy (non-hydrogen) atoms. The fourth-order valence-corrected chi connectivity index (χ4v) is 2.82. The number of imidazole rings is 1. The molecule has 0 saturated carbocycles. The summed E-state index contributed by atoms with van der Waals surface area (Å²) in [6.45, 7) is 1.89. The number of nitrogens with zero attached hydrogens (tertiary/aromatic N) is 3. The van der Waals surface area contributed by atoms with Gasteiger partial charge in [0.25, 0.3) is 5.69 Å². The maximum Gasteiger partial charge on any atom is 0.382 e. The van der Waals surface area contributed by atoms with E-state index in [1.54, 1.807) is 0 Å². The minimum absolute atomic E-state index is 0.118. The fourth-order valence-electron chi connectivity index (χ4n) is 2.82. The quantitative estimate of drug-likeness (QED) is 0.475. The van der Waals surface area contributed by atoms with Crippen LogP contribution in [0.3, 0.4) is 0 Å². The topological polar surface area (TPSA) is 106 Å². The van der Waals surface area contributed by atoms with E-state index in [1.807, 2.05) is 31.2 Å². The molecule has 2 atom stereocenters. The van der Waals surface area contributed by atoms with Gasteiger partial charge in [0.05, 0.1) is 25.3 Å². The minimum atomic E-state index is -0.994. The third kappa shape index (κ3) is 2.75. The standard InChI is InChI=1S/C15H15N3O6/c1-9-7-11(10-5-3-4-6-13(10)23-9)14-16-8-12(15(19)22-2)17(14)24-18(20)21/h3-6,8-9,11H,7H2,1-2H3. The third-order valence-electron chi connectivity index (χ3n) is 3.79. The Bertz CT molecular complexity index is 787. The van der Waals surface area contributed by atoms with Crippen molar-refractivity contribution in [1.82, 2.24) is 9.71 Å². The first kappa shape index (κ1) is 15.8. The van der Waals surface area contributed by atoms with Crippen LogP contribution < -0.4 is 9.68 Å². The molecule has 0 fully saturated rings. The van der Waals surface area contributed by atoms with E-state index in [-0.39, 0.29) is 23.5 Å². The van der Waals surface area contributed by atoms with Gasteiger partial charge in [-0.2, -0.15) is 4.94 Å². The van der Waals surface area contributed by atoms with E-state index in [4.69, 9.17) is 4.74 Å². The molecule has 0 radical (unpaired) electrons. The lowest BCUT2D eigenvalue weighted by Crippen LogP contribution is -2.29. The van der Waals surface area contributed by atoms with Crippen LogP contribution in [-0.4, -0.2) is 34.0 Å². The molecule has 0 bridgehead atoms. The monoisotopic (exact) mass is 333 g/mol. The van der Waals surface area contributed by atoms with Gasteiger partial charge < -0.3 is 9.47 Å². The van der Waals surface area contributed by atoms with Gasteiger partial charge in [-0.1, -0.05) is 22.9 Å². The van der Waals surface area contributed by atoms with Gasteiger partial charge in [0, 0.05) is 12.0 Å². The normalized spacial score (nSPS) is 19.1. The van der Waals surface area contributed by atoms with Crippen molar-refractivity contribution in [1.29, 1.82) is 0 Å². The van der Waals surface area contributed by atoms with E-state index >= 15 is 0 Å². The summed E-state index contributed by atoms with van der Waals surface area (Å²) in [6, 6.07) is 7.36. The van der Waals surface area contributed by atoms with Gasteiger partial charge in [-0.25, -0.2) is 19.9 Å². The van der Waals surface area contributed by atoms with Gasteiger partial charge in [-0.15, -0.1) is 0 Å². The Balaban J connectivity index is 2.11. The smallest absolute Gasteiger partial charge is 0.382 e. The highest BCUT2D eigenvalue weighted by molar-refractivity contribution is 5.87. The van der Waals surface area contributed by atoms with Crippen LogP contribution in [0.1, 0.15) is 41.1 Å². The molecule has 0 saturated heterocycles. The van der Waals surface area contributed by atoms with Crippen molar-refractivity contribution in [3.8, 4) is 5.75 Å². The molecule has 1 aliphatic heterocycles. The molecule has 9 nitrogen and oxygen atoms in total. The molecule has 2 heterocycles. The molecule has 9 heteroatoms. The third-order valence-corrected chi connectivity index (χ3v) is 3.79. The van der Waals surface area contributed by atoms with Crippen LogP contribution in [0.25, 0.3) is 0 Å². The highest BCUT2D eigenvalue weighted by atomic mass is 17.0. The summed E-state index contributed by atoms with van der Waals surface area (Å²) in [5.41, 5.74) is 0.673. The lowest BCUT2D eigenvalue weighted by Gasteiger charge is -2.28. The van der Waals surface area contributed by atoms with Crippen LogP contribution >= 0.6 is 0 Å². The first-order valence-corrected chi connectivity index (χ1v) is 7.25. The number of rotatable bonds is 4. The van der Waals surface area contributed by atoms with E-state index < -0.39 is 11.1 Å².